The lowest BCUT2D eigenvalue weighted by Crippen LogP contribution is -2.31. The van der Waals surface area contributed by atoms with Crippen LogP contribution in [0.2, 0.25) is 0 Å². The van der Waals surface area contributed by atoms with E-state index < -0.39 is 10.0 Å². The van der Waals surface area contributed by atoms with E-state index in [4.69, 9.17) is 4.74 Å². The molecule has 7 heteroatoms. The number of ether oxygens (including phenoxy) is 1. The summed E-state index contributed by atoms with van der Waals surface area (Å²) >= 11 is 6.60. The SMILES string of the molecule is COCCC1(CNS(=O)(=O)c2ccc(Br)cc2Br)CC1. The lowest BCUT2D eigenvalue weighted by atomic mass is 10.0. The minimum absolute atomic E-state index is 0.0882. The molecule has 20 heavy (non-hydrogen) atoms. The number of hydrogen-bond donors (Lipinski definition) is 1. The highest BCUT2D eigenvalue weighted by Crippen LogP contribution is 2.48. The quantitative estimate of drug-likeness (QED) is 0.727. The van der Waals surface area contributed by atoms with Gasteiger partial charge in [-0.05, 0) is 58.8 Å². The van der Waals surface area contributed by atoms with E-state index in [0.29, 0.717) is 17.6 Å². The van der Waals surface area contributed by atoms with Gasteiger partial charge in [-0.1, -0.05) is 15.9 Å². The molecule has 0 spiro atoms. The molecule has 0 aliphatic heterocycles. The van der Waals surface area contributed by atoms with E-state index in [2.05, 4.69) is 36.6 Å². The zero-order chi connectivity index (χ0) is 14.8. The summed E-state index contributed by atoms with van der Waals surface area (Å²) in [4.78, 5) is 0.267. The van der Waals surface area contributed by atoms with E-state index in [1.807, 2.05) is 0 Å². The predicted octanol–water partition coefficient (Wildman–Crippen LogP) is 3.31. The molecule has 1 aliphatic carbocycles. The van der Waals surface area contributed by atoms with E-state index in [1.54, 1.807) is 25.3 Å². The van der Waals surface area contributed by atoms with Crippen LogP contribution >= 0.6 is 31.9 Å². The van der Waals surface area contributed by atoms with Gasteiger partial charge in [0.05, 0.1) is 4.90 Å². The Balaban J connectivity index is 2.04. The second-order valence-corrected chi connectivity index (χ2v) is 8.65. The first-order valence-corrected chi connectivity index (χ1v) is 9.39. The van der Waals surface area contributed by atoms with E-state index in [-0.39, 0.29) is 10.3 Å². The monoisotopic (exact) mass is 425 g/mol. The molecule has 1 fully saturated rings. The zero-order valence-corrected chi connectivity index (χ0v) is 15.1. The van der Waals surface area contributed by atoms with Crippen molar-refractivity contribution < 1.29 is 13.2 Å². The summed E-state index contributed by atoms with van der Waals surface area (Å²) in [6.07, 6.45) is 3.01. The largest absolute Gasteiger partial charge is 0.385 e. The van der Waals surface area contributed by atoms with E-state index >= 15 is 0 Å². The zero-order valence-electron chi connectivity index (χ0n) is 11.2. The van der Waals surface area contributed by atoms with Gasteiger partial charge in [0, 0.05) is 29.2 Å². The number of hydrogen-bond acceptors (Lipinski definition) is 3. The van der Waals surface area contributed by atoms with Crippen molar-refractivity contribution in [2.75, 3.05) is 20.3 Å². The number of methoxy groups -OCH3 is 1. The van der Waals surface area contributed by atoms with Gasteiger partial charge in [0.2, 0.25) is 10.0 Å². The van der Waals surface area contributed by atoms with Crippen LogP contribution in [0.1, 0.15) is 19.3 Å². The first-order chi connectivity index (χ1) is 9.38. The maximum Gasteiger partial charge on any atom is 0.241 e. The van der Waals surface area contributed by atoms with Gasteiger partial charge in [-0.15, -0.1) is 0 Å². The van der Waals surface area contributed by atoms with Crippen molar-refractivity contribution in [2.24, 2.45) is 5.41 Å². The lowest BCUT2D eigenvalue weighted by molar-refractivity contribution is 0.173. The smallest absolute Gasteiger partial charge is 0.241 e. The normalized spacial score (nSPS) is 17.1. The first kappa shape index (κ1) is 16.4. The highest BCUT2D eigenvalue weighted by atomic mass is 79.9. The molecule has 1 aromatic carbocycles. The summed E-state index contributed by atoms with van der Waals surface area (Å²) in [7, 11) is -1.82. The molecule has 0 amide bonds. The maximum absolute atomic E-state index is 12.3. The van der Waals surface area contributed by atoms with Crippen LogP contribution < -0.4 is 4.72 Å². The molecule has 0 heterocycles. The fraction of sp³-hybridized carbons (Fsp3) is 0.538. The van der Waals surface area contributed by atoms with Crippen molar-refractivity contribution in [3.05, 3.63) is 27.1 Å². The van der Waals surface area contributed by atoms with Gasteiger partial charge in [0.1, 0.15) is 0 Å². The summed E-state index contributed by atoms with van der Waals surface area (Å²) in [6, 6.07) is 5.04. The Hall–Kier alpha value is 0.0500. The van der Waals surface area contributed by atoms with Crippen molar-refractivity contribution >= 4 is 41.9 Å². The lowest BCUT2D eigenvalue weighted by Gasteiger charge is -2.16. The molecule has 0 unspecified atom stereocenters. The first-order valence-electron chi connectivity index (χ1n) is 6.32. The third-order valence-corrected chi connectivity index (χ3v) is 6.49. The molecule has 1 N–H and O–H groups in total. The van der Waals surface area contributed by atoms with Gasteiger partial charge in [0.25, 0.3) is 0 Å². The van der Waals surface area contributed by atoms with Gasteiger partial charge in [-0.25, -0.2) is 13.1 Å². The number of nitrogens with one attached hydrogen (secondary N) is 1. The Morgan fingerprint density at radius 1 is 1.35 bits per heavy atom. The van der Waals surface area contributed by atoms with Crippen LogP contribution in [0.15, 0.2) is 32.0 Å². The van der Waals surface area contributed by atoms with Gasteiger partial charge in [-0.3, -0.25) is 0 Å². The number of rotatable bonds is 7. The molecule has 1 aliphatic rings. The number of halogens is 2. The average Bonchev–Trinajstić information content (AvgIpc) is 3.14. The van der Waals surface area contributed by atoms with Gasteiger partial charge in [-0.2, -0.15) is 0 Å². The van der Waals surface area contributed by atoms with Crippen molar-refractivity contribution in [1.29, 1.82) is 0 Å². The van der Waals surface area contributed by atoms with Crippen LogP contribution in [-0.4, -0.2) is 28.7 Å². The Bertz CT molecular complexity index is 585. The molecular formula is C13H17Br2NO3S. The Morgan fingerprint density at radius 3 is 2.60 bits per heavy atom. The van der Waals surface area contributed by atoms with Crippen molar-refractivity contribution in [3.63, 3.8) is 0 Å². The fourth-order valence-electron chi connectivity index (χ4n) is 2.03. The summed E-state index contributed by atoms with van der Waals surface area (Å²) in [5, 5.41) is 0. The minimum atomic E-state index is -3.48. The highest BCUT2D eigenvalue weighted by Gasteiger charge is 2.42. The molecule has 0 aromatic heterocycles. The molecule has 1 aromatic rings. The topological polar surface area (TPSA) is 55.4 Å². The predicted molar refractivity (Wildman–Crippen MR) is 85.2 cm³/mol. The Labute approximate surface area is 136 Å². The van der Waals surface area contributed by atoms with Crippen molar-refractivity contribution in [3.8, 4) is 0 Å². The highest BCUT2D eigenvalue weighted by molar-refractivity contribution is 9.11. The fourth-order valence-corrected chi connectivity index (χ4v) is 4.93. The van der Waals surface area contributed by atoms with Crippen molar-refractivity contribution in [1.82, 2.24) is 4.72 Å². The van der Waals surface area contributed by atoms with Crippen LogP contribution in [0.3, 0.4) is 0 Å². The van der Waals surface area contributed by atoms with Gasteiger partial charge >= 0.3 is 0 Å². The van der Waals surface area contributed by atoms with E-state index in [1.165, 1.54) is 0 Å². The molecule has 0 saturated heterocycles. The number of sulfonamides is 1. The summed E-state index contributed by atoms with van der Waals surface area (Å²) in [5.74, 6) is 0. The minimum Gasteiger partial charge on any atom is -0.385 e. The van der Waals surface area contributed by atoms with E-state index in [0.717, 1.165) is 23.7 Å². The average molecular weight is 427 g/mol. The van der Waals surface area contributed by atoms with Crippen LogP contribution in [0.25, 0.3) is 0 Å². The summed E-state index contributed by atoms with van der Waals surface area (Å²) < 4.78 is 33.8. The standard InChI is InChI=1S/C13H17Br2NO3S/c1-19-7-6-13(4-5-13)9-16-20(17,18)12-3-2-10(14)8-11(12)15/h2-3,8,16H,4-7,9H2,1H3. The third-order valence-electron chi connectivity index (χ3n) is 3.61. The van der Waals surface area contributed by atoms with Crippen LogP contribution in [-0.2, 0) is 14.8 Å². The number of benzene rings is 1. The molecule has 112 valence electrons. The van der Waals surface area contributed by atoms with E-state index in [9.17, 15) is 8.42 Å². The van der Waals surface area contributed by atoms with Gasteiger partial charge in [0.15, 0.2) is 0 Å². The maximum atomic E-state index is 12.3. The second kappa shape index (κ2) is 6.44. The Morgan fingerprint density at radius 2 is 2.05 bits per heavy atom. The molecule has 0 radical (unpaired) electrons. The van der Waals surface area contributed by atoms with Crippen molar-refractivity contribution in [2.45, 2.75) is 24.2 Å². The summed E-state index contributed by atoms with van der Waals surface area (Å²) in [6.45, 7) is 1.14. The summed E-state index contributed by atoms with van der Waals surface area (Å²) in [5.41, 5.74) is 0.0882. The van der Waals surface area contributed by atoms with Crippen LogP contribution in [0.4, 0.5) is 0 Å². The molecule has 0 atom stereocenters. The van der Waals surface area contributed by atoms with Crippen LogP contribution in [0, 0.1) is 5.41 Å². The Kier molecular flexibility index (Phi) is 5.29. The molecular weight excluding hydrogens is 410 g/mol. The molecule has 2 rings (SSSR count). The van der Waals surface area contributed by atoms with Gasteiger partial charge < -0.3 is 4.74 Å². The second-order valence-electron chi connectivity index (χ2n) is 5.14. The molecule has 1 saturated carbocycles. The van der Waals surface area contributed by atoms with Crippen LogP contribution in [0.5, 0.6) is 0 Å². The molecule has 4 nitrogen and oxygen atoms in total. The third kappa shape index (κ3) is 4.04. The molecule has 0 bridgehead atoms.